The normalized spacial score (nSPS) is 19.0. The SMILES string of the molecule is CC(C)(C)c1ccc(-c2cc(C3=C(c4cc(-c5ccc(C(C)(C)C)s5)sc4-c4ccc(N5CCOCC5)cc4)C(F)(F)C(F)(F)C3(F)F)c(-c3ccc(N4CCOCC4)cc3)s2)s1. The van der Waals surface area contributed by atoms with Gasteiger partial charge in [-0.05, 0) is 82.6 Å². The molecule has 0 spiro atoms. The minimum atomic E-state index is -5.74. The summed E-state index contributed by atoms with van der Waals surface area (Å²) < 4.78 is 112. The average molecular weight is 939 g/mol. The molecule has 0 amide bonds. The molecule has 2 fully saturated rings. The Kier molecular flexibility index (Phi) is 11.4. The van der Waals surface area contributed by atoms with Gasteiger partial charge in [-0.15, -0.1) is 45.3 Å². The van der Waals surface area contributed by atoms with Crippen molar-refractivity contribution in [1.29, 1.82) is 0 Å². The van der Waals surface area contributed by atoms with Gasteiger partial charge in [-0.3, -0.25) is 0 Å². The number of hydrogen-bond acceptors (Lipinski definition) is 8. The fourth-order valence-electron chi connectivity index (χ4n) is 8.30. The van der Waals surface area contributed by atoms with Crippen LogP contribution < -0.4 is 9.80 Å². The molecule has 0 atom stereocenters. The first-order valence-corrected chi connectivity index (χ1v) is 24.3. The number of alkyl halides is 6. The lowest BCUT2D eigenvalue weighted by Crippen LogP contribution is -2.48. The Labute approximate surface area is 380 Å². The Morgan fingerprint density at radius 1 is 0.460 bits per heavy atom. The van der Waals surface area contributed by atoms with Crippen LogP contribution >= 0.6 is 45.3 Å². The summed E-state index contributed by atoms with van der Waals surface area (Å²) in [5, 5.41) is 0. The van der Waals surface area contributed by atoms with E-state index in [0.29, 0.717) is 73.5 Å². The predicted octanol–water partition coefficient (Wildman–Crippen LogP) is 14.7. The van der Waals surface area contributed by atoms with Gasteiger partial charge < -0.3 is 19.3 Å². The van der Waals surface area contributed by atoms with Crippen LogP contribution in [0.15, 0.2) is 84.9 Å². The summed E-state index contributed by atoms with van der Waals surface area (Å²) in [6.45, 7) is 17.3. The van der Waals surface area contributed by atoms with E-state index in [4.69, 9.17) is 9.47 Å². The van der Waals surface area contributed by atoms with Crippen LogP contribution in [0.25, 0.3) is 51.5 Å². The maximum atomic E-state index is 17.0. The predicted molar refractivity (Wildman–Crippen MR) is 251 cm³/mol. The quantitative estimate of drug-likeness (QED) is 0.142. The highest BCUT2D eigenvalue weighted by atomic mass is 32.1. The highest BCUT2D eigenvalue weighted by Gasteiger charge is 2.80. The van der Waals surface area contributed by atoms with Crippen molar-refractivity contribution in [3.63, 3.8) is 0 Å². The lowest BCUT2D eigenvalue weighted by molar-refractivity contribution is -0.254. The lowest BCUT2D eigenvalue weighted by atomic mass is 9.92. The molecule has 0 bridgehead atoms. The second-order valence-corrected chi connectivity index (χ2v) is 22.6. The van der Waals surface area contributed by atoms with Crippen molar-refractivity contribution in [3.8, 4) is 40.4 Å². The van der Waals surface area contributed by atoms with E-state index in [0.717, 1.165) is 53.6 Å². The molecule has 332 valence electrons. The molecule has 0 saturated carbocycles. The van der Waals surface area contributed by atoms with Gasteiger partial charge in [-0.1, -0.05) is 65.8 Å². The molecule has 6 aromatic rings. The monoisotopic (exact) mass is 938 g/mol. The van der Waals surface area contributed by atoms with Crippen molar-refractivity contribution in [1.82, 2.24) is 0 Å². The smallest absolute Gasteiger partial charge is 0.378 e. The van der Waals surface area contributed by atoms with Crippen molar-refractivity contribution in [2.24, 2.45) is 0 Å². The highest BCUT2D eigenvalue weighted by molar-refractivity contribution is 7.24. The Morgan fingerprint density at radius 3 is 1.13 bits per heavy atom. The first-order chi connectivity index (χ1) is 29.8. The molecule has 9 rings (SSSR count). The van der Waals surface area contributed by atoms with Gasteiger partial charge in [0.1, 0.15) is 0 Å². The van der Waals surface area contributed by atoms with Gasteiger partial charge in [0.15, 0.2) is 0 Å². The number of ether oxygens (including phenoxy) is 2. The molecule has 14 heteroatoms. The van der Waals surface area contributed by atoms with E-state index < -0.39 is 28.9 Å². The minimum absolute atomic E-state index is 0.213. The summed E-state index contributed by atoms with van der Waals surface area (Å²) in [5.74, 6) is -16.2. The van der Waals surface area contributed by atoms with Gasteiger partial charge in [0.05, 0.1) is 26.4 Å². The number of morpholine rings is 2. The van der Waals surface area contributed by atoms with Crippen molar-refractivity contribution in [3.05, 3.63) is 106 Å². The fourth-order valence-corrected chi connectivity index (χ4v) is 12.9. The van der Waals surface area contributed by atoms with Crippen LogP contribution in [-0.2, 0) is 20.3 Å². The van der Waals surface area contributed by atoms with Crippen LogP contribution in [0.3, 0.4) is 0 Å². The van der Waals surface area contributed by atoms with E-state index in [2.05, 4.69) is 51.3 Å². The highest BCUT2D eigenvalue weighted by Crippen LogP contribution is 2.67. The van der Waals surface area contributed by atoms with E-state index >= 15 is 26.3 Å². The van der Waals surface area contributed by atoms with E-state index in [-0.39, 0.29) is 31.7 Å². The molecular weight excluding hydrogens is 891 g/mol. The van der Waals surface area contributed by atoms with Gasteiger partial charge in [-0.25, -0.2) is 0 Å². The van der Waals surface area contributed by atoms with Gasteiger partial charge in [0.25, 0.3) is 0 Å². The van der Waals surface area contributed by atoms with Crippen molar-refractivity contribution in [2.75, 3.05) is 62.4 Å². The van der Waals surface area contributed by atoms with Crippen LogP contribution in [0.5, 0.6) is 0 Å². The second kappa shape index (κ2) is 16.2. The molecule has 2 saturated heterocycles. The summed E-state index contributed by atoms with van der Waals surface area (Å²) in [6, 6.07) is 25.0. The number of thiophene rings is 4. The lowest BCUT2D eigenvalue weighted by Gasteiger charge is -2.29. The van der Waals surface area contributed by atoms with Crippen molar-refractivity contribution in [2.45, 2.75) is 70.1 Å². The van der Waals surface area contributed by atoms with Gasteiger partial charge in [-0.2, -0.15) is 26.3 Å². The van der Waals surface area contributed by atoms with Crippen molar-refractivity contribution >= 4 is 67.9 Å². The summed E-state index contributed by atoms with van der Waals surface area (Å²) in [5.41, 5.74) is -1.10. The largest absolute Gasteiger partial charge is 0.380 e. The number of allylic oxidation sites excluding steroid dienone is 2. The van der Waals surface area contributed by atoms with Gasteiger partial charge in [0, 0.05) is 98.8 Å². The van der Waals surface area contributed by atoms with E-state index in [1.807, 2.05) is 48.5 Å². The maximum Gasteiger partial charge on any atom is 0.380 e. The van der Waals surface area contributed by atoms with Crippen LogP contribution in [-0.4, -0.2) is 70.4 Å². The first kappa shape index (κ1) is 44.3. The van der Waals surface area contributed by atoms with Gasteiger partial charge in [0.2, 0.25) is 0 Å². The summed E-state index contributed by atoms with van der Waals surface area (Å²) in [7, 11) is 0. The Balaban J connectivity index is 1.28. The Hall–Kier alpha value is -3.92. The van der Waals surface area contributed by atoms with Crippen LogP contribution in [0.1, 0.15) is 62.4 Å². The molecule has 2 aliphatic heterocycles. The number of rotatable bonds is 8. The second-order valence-electron chi connectivity index (χ2n) is 18.3. The summed E-state index contributed by atoms with van der Waals surface area (Å²) in [4.78, 5) is 9.29. The first-order valence-electron chi connectivity index (χ1n) is 21.0. The molecule has 1 aliphatic carbocycles. The zero-order chi connectivity index (χ0) is 44.7. The number of nitrogens with zero attached hydrogens (tertiary/aromatic N) is 2. The van der Waals surface area contributed by atoms with Crippen LogP contribution in [0, 0.1) is 0 Å². The van der Waals surface area contributed by atoms with Crippen LogP contribution in [0.2, 0.25) is 0 Å². The Bertz CT molecular complexity index is 2470. The van der Waals surface area contributed by atoms with Crippen LogP contribution in [0.4, 0.5) is 37.7 Å². The topological polar surface area (TPSA) is 24.9 Å². The molecule has 0 N–H and O–H groups in total. The number of halogens is 6. The van der Waals surface area contributed by atoms with Crippen molar-refractivity contribution < 1.29 is 35.8 Å². The van der Waals surface area contributed by atoms with E-state index in [9.17, 15) is 0 Å². The molecule has 0 unspecified atom stereocenters. The molecule has 6 heterocycles. The maximum absolute atomic E-state index is 17.0. The number of hydrogen-bond donors (Lipinski definition) is 0. The zero-order valence-corrected chi connectivity index (χ0v) is 39.1. The molecule has 0 radical (unpaired) electrons. The molecule has 3 aliphatic rings. The molecule has 4 nitrogen and oxygen atoms in total. The third-order valence-corrected chi connectivity index (χ3v) is 17.6. The van der Waals surface area contributed by atoms with E-state index in [1.165, 1.54) is 34.8 Å². The molecule has 63 heavy (non-hydrogen) atoms. The Morgan fingerprint density at radius 2 is 0.810 bits per heavy atom. The summed E-state index contributed by atoms with van der Waals surface area (Å²) >= 11 is 5.24. The van der Waals surface area contributed by atoms with Gasteiger partial charge >= 0.3 is 17.8 Å². The number of benzene rings is 2. The molecule has 2 aromatic carbocycles. The number of anilines is 2. The molecule has 4 aromatic heterocycles. The summed E-state index contributed by atoms with van der Waals surface area (Å²) in [6.07, 6.45) is 0. The third kappa shape index (κ3) is 7.90. The average Bonchev–Trinajstić information content (AvgIpc) is 4.10. The molecular formula is C49H48F6N2O2S4. The van der Waals surface area contributed by atoms with E-state index in [1.54, 1.807) is 24.3 Å². The zero-order valence-electron chi connectivity index (χ0n) is 35.9. The third-order valence-electron chi connectivity index (χ3n) is 11.9. The fraction of sp³-hybridized carbons (Fsp3) is 0.388. The standard InChI is InChI=1S/C49H48F6N2O2S4/c1-45(2,3)39-17-15-35(60-39)37-27-33(43(62-37)29-7-11-31(12-8-29)56-19-23-58-24-20-56)41-42(48(52,53)49(54,55)47(41,50)51)34-28-38(36-16-18-40(61-36)46(4,5)6)63-44(34)30-9-13-32(14-10-30)57-21-25-59-26-22-57/h7-18,27-28H,19-26H2,1-6H3. The minimum Gasteiger partial charge on any atom is -0.378 e.